The van der Waals surface area contributed by atoms with Crippen LogP contribution in [-0.4, -0.2) is 37.8 Å². The molecule has 0 spiro atoms. The summed E-state index contributed by atoms with van der Waals surface area (Å²) in [4.78, 5) is 26.4. The topological polar surface area (TPSA) is 106 Å². The molecule has 35 heavy (non-hydrogen) atoms. The average molecular weight is 497 g/mol. The largest absolute Gasteiger partial charge is 0.468 e. The van der Waals surface area contributed by atoms with Gasteiger partial charge in [0.1, 0.15) is 5.76 Å². The van der Waals surface area contributed by atoms with Crippen molar-refractivity contribution < 1.29 is 27.2 Å². The van der Waals surface area contributed by atoms with Gasteiger partial charge in [-0.05, 0) is 55.3 Å². The fraction of sp³-hybridized carbons (Fsp3) is 0.231. The minimum Gasteiger partial charge on any atom is -0.468 e. The molecule has 9 heteroatoms. The highest BCUT2D eigenvalue weighted by Crippen LogP contribution is 2.13. The third-order valence-corrected chi connectivity index (χ3v) is 6.51. The van der Waals surface area contributed by atoms with Gasteiger partial charge in [-0.3, -0.25) is 4.79 Å². The van der Waals surface area contributed by atoms with Crippen LogP contribution in [0.4, 0.5) is 0 Å². The number of esters is 1. The summed E-state index contributed by atoms with van der Waals surface area (Å²) in [6.07, 6.45) is 4.16. The normalized spacial score (nSPS) is 11.6. The maximum absolute atomic E-state index is 12.6. The van der Waals surface area contributed by atoms with Gasteiger partial charge in [0.15, 0.2) is 6.61 Å². The Kier molecular flexibility index (Phi) is 8.99. The van der Waals surface area contributed by atoms with Crippen LogP contribution < -0.4 is 4.72 Å². The molecule has 0 aliphatic heterocycles. The van der Waals surface area contributed by atoms with Crippen LogP contribution in [0.5, 0.6) is 0 Å². The number of hydrogen-bond acceptors (Lipinski definition) is 6. The molecule has 3 rings (SSSR count). The van der Waals surface area contributed by atoms with Crippen molar-refractivity contribution in [2.24, 2.45) is 0 Å². The highest BCUT2D eigenvalue weighted by molar-refractivity contribution is 7.89. The van der Waals surface area contributed by atoms with Crippen molar-refractivity contribution in [3.8, 4) is 0 Å². The summed E-state index contributed by atoms with van der Waals surface area (Å²) in [5.74, 6) is -0.456. The molecule has 0 unspecified atom stereocenters. The van der Waals surface area contributed by atoms with Gasteiger partial charge in [0, 0.05) is 18.7 Å². The van der Waals surface area contributed by atoms with Crippen LogP contribution in [0.15, 0.2) is 88.4 Å². The Morgan fingerprint density at radius 3 is 2.37 bits per heavy atom. The summed E-state index contributed by atoms with van der Waals surface area (Å²) in [5, 5.41) is 0. The van der Waals surface area contributed by atoms with Crippen LogP contribution in [0.2, 0.25) is 0 Å². The fourth-order valence-corrected chi connectivity index (χ4v) is 4.18. The van der Waals surface area contributed by atoms with E-state index < -0.39 is 16.0 Å². The lowest BCUT2D eigenvalue weighted by Gasteiger charge is -2.26. The smallest absolute Gasteiger partial charge is 0.331 e. The second-order valence-corrected chi connectivity index (χ2v) is 9.78. The molecule has 0 atom stereocenters. The second-order valence-electron chi connectivity index (χ2n) is 8.01. The first-order valence-corrected chi connectivity index (χ1v) is 12.5. The summed E-state index contributed by atoms with van der Waals surface area (Å²) in [6, 6.07) is 18.9. The fourth-order valence-electron chi connectivity index (χ4n) is 3.19. The first-order valence-electron chi connectivity index (χ1n) is 11.0. The van der Waals surface area contributed by atoms with Gasteiger partial charge < -0.3 is 14.1 Å². The van der Waals surface area contributed by atoms with Crippen LogP contribution in [0.1, 0.15) is 30.7 Å². The zero-order valence-electron chi connectivity index (χ0n) is 19.6. The quantitative estimate of drug-likeness (QED) is 0.320. The van der Waals surface area contributed by atoms with E-state index in [1.807, 2.05) is 44.2 Å². The Bertz CT molecular complexity index is 1230. The summed E-state index contributed by atoms with van der Waals surface area (Å²) in [6.45, 7) is 3.90. The minimum absolute atomic E-state index is 0.0428. The Hall–Kier alpha value is -3.69. The van der Waals surface area contributed by atoms with Crippen molar-refractivity contribution in [2.75, 3.05) is 6.61 Å². The van der Waals surface area contributed by atoms with Gasteiger partial charge in [-0.25, -0.2) is 17.9 Å². The third kappa shape index (κ3) is 7.94. The van der Waals surface area contributed by atoms with E-state index in [0.717, 1.165) is 5.56 Å². The van der Waals surface area contributed by atoms with Gasteiger partial charge >= 0.3 is 5.97 Å². The van der Waals surface area contributed by atoms with E-state index >= 15 is 0 Å². The summed E-state index contributed by atoms with van der Waals surface area (Å²) in [7, 11) is -3.71. The van der Waals surface area contributed by atoms with Gasteiger partial charge in [0.25, 0.3) is 5.91 Å². The number of furan rings is 1. The third-order valence-electron chi connectivity index (χ3n) is 5.10. The van der Waals surface area contributed by atoms with Crippen LogP contribution in [0.25, 0.3) is 6.08 Å². The first-order chi connectivity index (χ1) is 16.7. The molecule has 184 valence electrons. The number of rotatable bonds is 11. The number of amides is 1. The molecule has 1 amide bonds. The van der Waals surface area contributed by atoms with E-state index in [2.05, 4.69) is 4.72 Å². The number of ether oxygens (including phenoxy) is 1. The van der Waals surface area contributed by atoms with E-state index in [4.69, 9.17) is 9.15 Å². The SMILES string of the molecule is CC(C)N(Cc1ccccc1)C(=O)COC(=O)/C=C/c1ccc(S(=O)(=O)NCc2ccco2)cc1. The van der Waals surface area contributed by atoms with E-state index in [0.29, 0.717) is 17.9 Å². The maximum atomic E-state index is 12.6. The predicted octanol–water partition coefficient (Wildman–Crippen LogP) is 3.75. The van der Waals surface area contributed by atoms with E-state index in [-0.39, 0.29) is 30.0 Å². The van der Waals surface area contributed by atoms with Crippen molar-refractivity contribution in [3.63, 3.8) is 0 Å². The zero-order chi connectivity index (χ0) is 25.3. The molecule has 8 nitrogen and oxygen atoms in total. The molecular formula is C26H28N2O6S. The van der Waals surface area contributed by atoms with E-state index in [1.165, 1.54) is 30.5 Å². The van der Waals surface area contributed by atoms with E-state index in [9.17, 15) is 18.0 Å². The monoisotopic (exact) mass is 496 g/mol. The molecule has 0 bridgehead atoms. The minimum atomic E-state index is -3.71. The molecule has 3 aromatic rings. The number of carbonyl (C=O) groups excluding carboxylic acids is 2. The second kappa shape index (κ2) is 12.1. The standard InChI is InChI=1S/C26H28N2O6S/c1-20(2)28(18-22-7-4-3-5-8-22)25(29)19-34-26(30)15-12-21-10-13-24(14-11-21)35(31,32)27-17-23-9-6-16-33-23/h3-16,20,27H,17-19H2,1-2H3/b15-12+. The molecule has 2 aromatic carbocycles. The molecule has 1 heterocycles. The molecule has 0 radical (unpaired) electrons. The average Bonchev–Trinajstić information content (AvgIpc) is 3.38. The molecule has 0 aliphatic rings. The summed E-state index contributed by atoms with van der Waals surface area (Å²) >= 11 is 0. The molecule has 0 fully saturated rings. The molecule has 1 aromatic heterocycles. The Labute approximate surface area is 205 Å². The Morgan fingerprint density at radius 1 is 1.03 bits per heavy atom. The van der Waals surface area contributed by atoms with Gasteiger partial charge in [0.2, 0.25) is 10.0 Å². The van der Waals surface area contributed by atoms with Crippen molar-refractivity contribution in [1.29, 1.82) is 0 Å². The maximum Gasteiger partial charge on any atom is 0.331 e. The Morgan fingerprint density at radius 2 is 1.74 bits per heavy atom. The predicted molar refractivity (Wildman–Crippen MR) is 131 cm³/mol. The number of carbonyl (C=O) groups is 2. The van der Waals surface area contributed by atoms with Crippen LogP contribution in [0, 0.1) is 0 Å². The van der Waals surface area contributed by atoms with Crippen molar-refractivity contribution in [1.82, 2.24) is 9.62 Å². The number of sulfonamides is 1. The lowest BCUT2D eigenvalue weighted by Crippen LogP contribution is -2.39. The first kappa shape index (κ1) is 25.9. The van der Waals surface area contributed by atoms with Crippen LogP contribution >= 0.6 is 0 Å². The Balaban J connectivity index is 1.51. The highest BCUT2D eigenvalue weighted by Gasteiger charge is 2.18. The van der Waals surface area contributed by atoms with Crippen molar-refractivity contribution in [3.05, 3.63) is 96.0 Å². The molecule has 0 aliphatic carbocycles. The molecule has 0 saturated carbocycles. The van der Waals surface area contributed by atoms with Crippen LogP contribution in [-0.2, 0) is 37.4 Å². The number of benzene rings is 2. The molecule has 1 N–H and O–H groups in total. The van der Waals surface area contributed by atoms with Gasteiger partial charge in [-0.15, -0.1) is 0 Å². The van der Waals surface area contributed by atoms with Crippen molar-refractivity contribution in [2.45, 2.75) is 37.9 Å². The molecular weight excluding hydrogens is 468 g/mol. The lowest BCUT2D eigenvalue weighted by molar-refractivity contribution is -0.149. The molecule has 0 saturated heterocycles. The summed E-state index contributed by atoms with van der Waals surface area (Å²) in [5.41, 5.74) is 1.59. The van der Waals surface area contributed by atoms with E-state index in [1.54, 1.807) is 29.2 Å². The number of nitrogens with one attached hydrogen (secondary N) is 1. The lowest BCUT2D eigenvalue weighted by atomic mass is 10.2. The van der Waals surface area contributed by atoms with Gasteiger partial charge in [-0.1, -0.05) is 42.5 Å². The van der Waals surface area contributed by atoms with Gasteiger partial charge in [0.05, 0.1) is 17.7 Å². The highest BCUT2D eigenvalue weighted by atomic mass is 32.2. The summed E-state index contributed by atoms with van der Waals surface area (Å²) < 4.78 is 37.5. The zero-order valence-corrected chi connectivity index (χ0v) is 20.4. The van der Waals surface area contributed by atoms with Gasteiger partial charge in [-0.2, -0.15) is 0 Å². The van der Waals surface area contributed by atoms with Crippen molar-refractivity contribution >= 4 is 28.0 Å². The number of hydrogen-bond donors (Lipinski definition) is 1. The van der Waals surface area contributed by atoms with Crippen LogP contribution in [0.3, 0.4) is 0 Å². The number of nitrogens with zero attached hydrogens (tertiary/aromatic N) is 1.